The zero-order valence-electron chi connectivity index (χ0n) is 21.5. The molecule has 0 atom stereocenters. The summed E-state index contributed by atoms with van der Waals surface area (Å²) in [6.07, 6.45) is 6.02. The second-order valence-electron chi connectivity index (χ2n) is 9.98. The second-order valence-corrected chi connectivity index (χ2v) is 10.4. The fourth-order valence-corrected chi connectivity index (χ4v) is 5.47. The Balaban J connectivity index is 1.33. The van der Waals surface area contributed by atoms with Gasteiger partial charge >= 0.3 is 0 Å². The zero-order chi connectivity index (χ0) is 27.3. The number of para-hydroxylation sites is 1. The number of carbonyl (C=O) groups excluding carboxylic acids is 2. The number of fused-ring (bicyclic) bond motifs is 2. The minimum atomic E-state index is -0.537. The first-order chi connectivity index (χ1) is 18.8. The van der Waals surface area contributed by atoms with Crippen molar-refractivity contribution < 1.29 is 9.59 Å². The van der Waals surface area contributed by atoms with Crippen LogP contribution in [-0.4, -0.2) is 55.3 Å². The number of nitrogens with zero attached hydrogens (tertiary/aromatic N) is 5. The van der Waals surface area contributed by atoms with Crippen LogP contribution in [0.3, 0.4) is 0 Å². The standard InChI is InChI=1S/C28H27ClN8O2/c1-36(2)27(39)22-13-16-14-31-28(35-26(16)37(22)17-6-3-4-7-17)33-20-11-10-15(12-19(20)29)25-32-21-9-5-8-18(24(30)38)23(21)34-25/h5,8-14,17H,3-4,6-7H2,1-2H3,(H2,30,38)(H,32,34)(H,31,33,35). The molecule has 0 radical (unpaired) electrons. The van der Waals surface area contributed by atoms with Gasteiger partial charge in [-0.05, 0) is 49.2 Å². The number of rotatable bonds is 6. The normalized spacial score (nSPS) is 13.8. The Kier molecular flexibility index (Phi) is 6.19. The van der Waals surface area contributed by atoms with Crippen molar-refractivity contribution in [3.05, 3.63) is 64.9 Å². The van der Waals surface area contributed by atoms with E-state index in [4.69, 9.17) is 22.3 Å². The number of primary amides is 1. The van der Waals surface area contributed by atoms with Crippen LogP contribution in [0.4, 0.5) is 11.6 Å². The van der Waals surface area contributed by atoms with Crippen LogP contribution in [0.2, 0.25) is 5.02 Å². The molecule has 6 rings (SSSR count). The number of imidazole rings is 1. The monoisotopic (exact) mass is 542 g/mol. The Labute approximate surface area is 229 Å². The SMILES string of the molecule is CN(C)C(=O)c1cc2cnc(Nc3ccc(-c4nc5c(C(N)=O)cccc5[nH]4)cc3Cl)nc2n1C1CCCC1. The summed E-state index contributed by atoms with van der Waals surface area (Å²) >= 11 is 6.65. The van der Waals surface area contributed by atoms with Crippen molar-refractivity contribution in [3.8, 4) is 11.4 Å². The van der Waals surface area contributed by atoms with E-state index in [2.05, 4.69) is 24.8 Å². The van der Waals surface area contributed by atoms with Crippen LogP contribution in [-0.2, 0) is 0 Å². The summed E-state index contributed by atoms with van der Waals surface area (Å²) in [5.41, 5.74) is 9.79. The van der Waals surface area contributed by atoms with Gasteiger partial charge in [0.2, 0.25) is 5.95 Å². The number of hydrogen-bond acceptors (Lipinski definition) is 6. The number of amides is 2. The molecule has 0 bridgehead atoms. The largest absolute Gasteiger partial charge is 0.366 e. The van der Waals surface area contributed by atoms with Crippen molar-refractivity contribution in [2.24, 2.45) is 5.73 Å². The molecule has 5 aromatic rings. The Hall–Kier alpha value is -4.44. The van der Waals surface area contributed by atoms with E-state index in [1.165, 1.54) is 0 Å². The van der Waals surface area contributed by atoms with E-state index in [1.54, 1.807) is 43.4 Å². The molecular weight excluding hydrogens is 516 g/mol. The maximum absolute atomic E-state index is 13.0. The molecule has 3 heterocycles. The molecule has 2 aromatic carbocycles. The average Bonchev–Trinajstić information content (AvgIpc) is 3.66. The number of nitrogens with one attached hydrogen (secondary N) is 2. The molecule has 1 fully saturated rings. The average molecular weight is 543 g/mol. The molecule has 1 saturated carbocycles. The van der Waals surface area contributed by atoms with Crippen LogP contribution in [0, 0.1) is 0 Å². The number of H-pyrrole nitrogens is 1. The summed E-state index contributed by atoms with van der Waals surface area (Å²) in [5, 5.41) is 4.48. The number of halogens is 1. The smallest absolute Gasteiger partial charge is 0.270 e. The summed E-state index contributed by atoms with van der Waals surface area (Å²) < 4.78 is 2.07. The molecule has 0 aliphatic heterocycles. The Morgan fingerprint density at radius 3 is 2.64 bits per heavy atom. The third kappa shape index (κ3) is 4.46. The van der Waals surface area contributed by atoms with Crippen LogP contribution in [0.25, 0.3) is 33.5 Å². The van der Waals surface area contributed by atoms with Crippen molar-refractivity contribution in [2.45, 2.75) is 31.7 Å². The number of carbonyl (C=O) groups is 2. The summed E-state index contributed by atoms with van der Waals surface area (Å²) in [7, 11) is 3.51. The Bertz CT molecular complexity index is 1750. The second kappa shape index (κ2) is 9.70. The fourth-order valence-electron chi connectivity index (χ4n) is 5.25. The van der Waals surface area contributed by atoms with Gasteiger partial charge in [-0.15, -0.1) is 0 Å². The molecule has 11 heteroatoms. The molecule has 4 N–H and O–H groups in total. The molecular formula is C28H27ClN8O2. The van der Waals surface area contributed by atoms with E-state index in [0.717, 1.165) is 42.3 Å². The molecule has 1 aliphatic rings. The van der Waals surface area contributed by atoms with Gasteiger partial charge in [0.05, 0.1) is 21.8 Å². The lowest BCUT2D eigenvalue weighted by atomic mass is 10.2. The third-order valence-electron chi connectivity index (χ3n) is 7.16. The first-order valence-electron chi connectivity index (χ1n) is 12.8. The highest BCUT2D eigenvalue weighted by atomic mass is 35.5. The van der Waals surface area contributed by atoms with E-state index in [-0.39, 0.29) is 11.9 Å². The quantitative estimate of drug-likeness (QED) is 0.267. The number of aromatic nitrogens is 5. The van der Waals surface area contributed by atoms with Gasteiger partial charge in [-0.2, -0.15) is 4.98 Å². The van der Waals surface area contributed by atoms with Gasteiger partial charge in [-0.25, -0.2) is 9.97 Å². The molecule has 39 heavy (non-hydrogen) atoms. The minimum absolute atomic E-state index is 0.0541. The van der Waals surface area contributed by atoms with Gasteiger partial charge in [0.25, 0.3) is 11.8 Å². The third-order valence-corrected chi connectivity index (χ3v) is 7.47. The maximum Gasteiger partial charge on any atom is 0.270 e. The summed E-state index contributed by atoms with van der Waals surface area (Å²) in [6, 6.07) is 12.8. The lowest BCUT2D eigenvalue weighted by Gasteiger charge is -2.19. The van der Waals surface area contributed by atoms with Gasteiger partial charge < -0.3 is 25.5 Å². The predicted molar refractivity (Wildman–Crippen MR) is 151 cm³/mol. The van der Waals surface area contributed by atoms with Crippen molar-refractivity contribution in [1.82, 2.24) is 29.4 Å². The maximum atomic E-state index is 13.0. The Morgan fingerprint density at radius 1 is 1.13 bits per heavy atom. The van der Waals surface area contributed by atoms with E-state index >= 15 is 0 Å². The fraction of sp³-hybridized carbons (Fsp3) is 0.250. The summed E-state index contributed by atoms with van der Waals surface area (Å²) in [4.78, 5) is 43.4. The van der Waals surface area contributed by atoms with Crippen molar-refractivity contribution >= 4 is 57.1 Å². The molecule has 198 valence electrons. The van der Waals surface area contributed by atoms with E-state index in [9.17, 15) is 9.59 Å². The van der Waals surface area contributed by atoms with Crippen LogP contribution < -0.4 is 11.1 Å². The molecule has 0 unspecified atom stereocenters. The van der Waals surface area contributed by atoms with Gasteiger partial charge in [0.15, 0.2) is 0 Å². The van der Waals surface area contributed by atoms with Crippen LogP contribution in [0.15, 0.2) is 48.7 Å². The molecule has 2 amide bonds. The van der Waals surface area contributed by atoms with Gasteiger partial charge in [-0.3, -0.25) is 9.59 Å². The minimum Gasteiger partial charge on any atom is -0.366 e. The highest BCUT2D eigenvalue weighted by Crippen LogP contribution is 2.35. The molecule has 3 aromatic heterocycles. The zero-order valence-corrected chi connectivity index (χ0v) is 22.3. The first-order valence-corrected chi connectivity index (χ1v) is 13.1. The number of anilines is 2. The van der Waals surface area contributed by atoms with E-state index in [1.807, 2.05) is 24.3 Å². The van der Waals surface area contributed by atoms with Crippen LogP contribution in [0.1, 0.15) is 52.6 Å². The molecule has 10 nitrogen and oxygen atoms in total. The molecule has 0 spiro atoms. The number of aromatic amines is 1. The number of nitrogens with two attached hydrogens (primary N) is 1. The summed E-state index contributed by atoms with van der Waals surface area (Å²) in [5.74, 6) is 0.359. The van der Waals surface area contributed by atoms with Crippen LogP contribution >= 0.6 is 11.6 Å². The number of benzene rings is 2. The van der Waals surface area contributed by atoms with Gasteiger partial charge in [0, 0.05) is 37.3 Å². The van der Waals surface area contributed by atoms with Gasteiger partial charge in [0.1, 0.15) is 22.7 Å². The highest BCUT2D eigenvalue weighted by molar-refractivity contribution is 6.33. The van der Waals surface area contributed by atoms with E-state index in [0.29, 0.717) is 44.8 Å². The van der Waals surface area contributed by atoms with E-state index < -0.39 is 5.91 Å². The topological polar surface area (TPSA) is 135 Å². The molecule has 1 aliphatic carbocycles. The first kappa shape index (κ1) is 24.9. The van der Waals surface area contributed by atoms with Crippen LogP contribution in [0.5, 0.6) is 0 Å². The lowest BCUT2D eigenvalue weighted by Crippen LogP contribution is -2.25. The van der Waals surface area contributed by atoms with Crippen molar-refractivity contribution in [3.63, 3.8) is 0 Å². The summed E-state index contributed by atoms with van der Waals surface area (Å²) in [6.45, 7) is 0. The Morgan fingerprint density at radius 2 is 1.92 bits per heavy atom. The van der Waals surface area contributed by atoms with Crippen molar-refractivity contribution in [1.29, 1.82) is 0 Å². The molecule has 0 saturated heterocycles. The highest BCUT2D eigenvalue weighted by Gasteiger charge is 2.26. The number of hydrogen-bond donors (Lipinski definition) is 3. The predicted octanol–water partition coefficient (Wildman–Crippen LogP) is 5.29. The lowest BCUT2D eigenvalue weighted by molar-refractivity contribution is 0.0815. The van der Waals surface area contributed by atoms with Gasteiger partial charge in [-0.1, -0.05) is 30.5 Å². The van der Waals surface area contributed by atoms with Crippen molar-refractivity contribution in [2.75, 3.05) is 19.4 Å².